The number of nitrogens with one attached hydrogen (secondary N) is 2. The van der Waals surface area contributed by atoms with Gasteiger partial charge in [-0.05, 0) is 61.6 Å². The number of aryl methyl sites for hydroxylation is 2. The Morgan fingerprint density at radius 1 is 1.26 bits per heavy atom. The Morgan fingerprint density at radius 2 is 2.06 bits per heavy atom. The zero-order chi connectivity index (χ0) is 24.4. The first-order chi connectivity index (χ1) is 16.3. The lowest BCUT2D eigenvalue weighted by Gasteiger charge is -2.17. The number of rotatable bonds is 6. The molecule has 0 aliphatic carbocycles. The largest absolute Gasteiger partial charge is 0.384 e. The number of carbonyl (C=O) groups excluding carboxylic acids is 1. The molecule has 1 aliphatic heterocycles. The third-order valence-electron chi connectivity index (χ3n) is 5.82. The second-order valence-electron chi connectivity index (χ2n) is 8.29. The fourth-order valence-electron chi connectivity index (χ4n) is 4.20. The molecule has 10 heteroatoms. The summed E-state index contributed by atoms with van der Waals surface area (Å²) >= 11 is 0. The van der Waals surface area contributed by atoms with Crippen molar-refractivity contribution >= 4 is 17.5 Å². The topological polar surface area (TPSA) is 139 Å². The van der Waals surface area contributed by atoms with Gasteiger partial charge in [-0.2, -0.15) is 5.26 Å². The second kappa shape index (κ2) is 9.31. The summed E-state index contributed by atoms with van der Waals surface area (Å²) in [6.45, 7) is 3.95. The van der Waals surface area contributed by atoms with Gasteiger partial charge in [0.25, 0.3) is 5.56 Å². The minimum Gasteiger partial charge on any atom is -0.384 e. The van der Waals surface area contributed by atoms with Crippen LogP contribution in [-0.4, -0.2) is 20.4 Å². The van der Waals surface area contributed by atoms with Crippen molar-refractivity contribution in [3.63, 3.8) is 0 Å². The number of hydrogen-bond acceptors (Lipinski definition) is 7. The van der Waals surface area contributed by atoms with Crippen molar-refractivity contribution in [3.8, 4) is 6.07 Å². The molecule has 1 unspecified atom stereocenters. The van der Waals surface area contributed by atoms with Gasteiger partial charge in [0.15, 0.2) is 11.5 Å². The van der Waals surface area contributed by atoms with Gasteiger partial charge in [-0.3, -0.25) is 14.2 Å². The molecular formula is C24H24FN7O2. The Bertz CT molecular complexity index is 1360. The minimum absolute atomic E-state index is 0.0551. The van der Waals surface area contributed by atoms with Gasteiger partial charge in [-0.25, -0.2) is 14.4 Å². The number of fused-ring (bicyclic) bond motifs is 1. The van der Waals surface area contributed by atoms with Crippen LogP contribution < -0.4 is 21.9 Å². The second-order valence-corrected chi connectivity index (χ2v) is 8.29. The Kier molecular flexibility index (Phi) is 6.27. The normalized spacial score (nSPS) is 14.4. The number of carbonyl (C=O) groups is 1. The van der Waals surface area contributed by atoms with E-state index in [-0.39, 0.29) is 36.3 Å². The molecule has 4 N–H and O–H groups in total. The van der Waals surface area contributed by atoms with Crippen LogP contribution >= 0.6 is 0 Å². The smallest absolute Gasteiger partial charge is 0.294 e. The molecule has 3 heterocycles. The SMILES string of the molecule is Cc1cc(F)cc(CNc2nc(C#N)c3n(c2=O)C(C(=O)NCc2ccc(N)nc2C)CC3)c1. The third-order valence-corrected chi connectivity index (χ3v) is 5.82. The fraction of sp³-hybridized carbons (Fsp3) is 0.292. The highest BCUT2D eigenvalue weighted by atomic mass is 19.1. The van der Waals surface area contributed by atoms with Crippen LogP contribution in [0.15, 0.2) is 35.1 Å². The van der Waals surface area contributed by atoms with Crippen molar-refractivity contribution < 1.29 is 9.18 Å². The van der Waals surface area contributed by atoms with Gasteiger partial charge in [-0.15, -0.1) is 0 Å². The molecule has 3 aromatic rings. The van der Waals surface area contributed by atoms with E-state index in [1.165, 1.54) is 16.7 Å². The number of nitrogens with zero attached hydrogens (tertiary/aromatic N) is 4. The van der Waals surface area contributed by atoms with E-state index in [0.717, 1.165) is 11.1 Å². The highest BCUT2D eigenvalue weighted by molar-refractivity contribution is 5.81. The monoisotopic (exact) mass is 461 g/mol. The number of benzene rings is 1. The highest BCUT2D eigenvalue weighted by Gasteiger charge is 2.33. The Labute approximate surface area is 195 Å². The molecule has 0 saturated heterocycles. The number of nitrogen functional groups attached to an aromatic ring is 1. The molecule has 0 radical (unpaired) electrons. The Hall–Kier alpha value is -4.26. The number of aromatic nitrogens is 3. The van der Waals surface area contributed by atoms with Crippen LogP contribution in [0.1, 0.15) is 46.2 Å². The van der Waals surface area contributed by atoms with Crippen molar-refractivity contribution in [1.82, 2.24) is 19.9 Å². The van der Waals surface area contributed by atoms with Gasteiger partial charge in [0.1, 0.15) is 23.7 Å². The summed E-state index contributed by atoms with van der Waals surface area (Å²) in [5, 5.41) is 15.3. The van der Waals surface area contributed by atoms with Gasteiger partial charge < -0.3 is 16.4 Å². The molecule has 1 aromatic carbocycles. The average molecular weight is 462 g/mol. The van der Waals surface area contributed by atoms with Crippen molar-refractivity contribution in [2.24, 2.45) is 0 Å². The Morgan fingerprint density at radius 3 is 2.76 bits per heavy atom. The summed E-state index contributed by atoms with van der Waals surface area (Å²) in [6, 6.07) is 9.26. The van der Waals surface area contributed by atoms with Gasteiger partial charge >= 0.3 is 0 Å². The van der Waals surface area contributed by atoms with Gasteiger partial charge in [0.05, 0.1) is 5.69 Å². The third kappa shape index (κ3) is 4.59. The summed E-state index contributed by atoms with van der Waals surface area (Å²) in [7, 11) is 0. The van der Waals surface area contributed by atoms with Crippen LogP contribution in [0.2, 0.25) is 0 Å². The fourth-order valence-corrected chi connectivity index (χ4v) is 4.20. The summed E-state index contributed by atoms with van der Waals surface area (Å²) in [4.78, 5) is 34.6. The lowest BCUT2D eigenvalue weighted by molar-refractivity contribution is -0.124. The zero-order valence-corrected chi connectivity index (χ0v) is 18.9. The first-order valence-corrected chi connectivity index (χ1v) is 10.8. The number of anilines is 2. The van der Waals surface area contributed by atoms with Gasteiger partial charge in [-0.1, -0.05) is 12.1 Å². The van der Waals surface area contributed by atoms with E-state index >= 15 is 0 Å². The zero-order valence-electron chi connectivity index (χ0n) is 18.9. The van der Waals surface area contributed by atoms with E-state index in [4.69, 9.17) is 5.73 Å². The molecule has 2 aromatic heterocycles. The standard InChI is InChI=1S/C24H24FN7O2/c1-13-7-15(9-17(25)8-13)11-28-22-24(34)32-19(18(10-26)31-22)4-5-20(32)23(33)29-12-16-3-6-21(27)30-14(16)2/h3,6-9,20H,4-5,11-12H2,1-2H3,(H2,27,30)(H,28,31)(H,29,33). The number of nitriles is 1. The van der Waals surface area contributed by atoms with E-state index in [1.807, 2.05) is 6.07 Å². The maximum atomic E-state index is 13.7. The quantitative estimate of drug-likeness (QED) is 0.512. The molecule has 1 aliphatic rings. The first-order valence-electron chi connectivity index (χ1n) is 10.8. The molecule has 0 saturated carbocycles. The van der Waals surface area contributed by atoms with Crippen LogP contribution in [0.3, 0.4) is 0 Å². The van der Waals surface area contributed by atoms with Crippen LogP contribution in [0.4, 0.5) is 16.0 Å². The van der Waals surface area contributed by atoms with Crippen molar-refractivity contribution in [2.75, 3.05) is 11.1 Å². The van der Waals surface area contributed by atoms with Crippen molar-refractivity contribution in [1.29, 1.82) is 5.26 Å². The number of halogens is 1. The van der Waals surface area contributed by atoms with Crippen LogP contribution in [0.5, 0.6) is 0 Å². The van der Waals surface area contributed by atoms with Crippen molar-refractivity contribution in [2.45, 2.75) is 45.8 Å². The molecule has 9 nitrogen and oxygen atoms in total. The van der Waals surface area contributed by atoms with Gasteiger partial charge in [0, 0.05) is 18.8 Å². The van der Waals surface area contributed by atoms with Crippen molar-refractivity contribution in [3.05, 3.63) is 80.3 Å². The summed E-state index contributed by atoms with van der Waals surface area (Å²) in [5.74, 6) is -0.371. The summed E-state index contributed by atoms with van der Waals surface area (Å²) in [6.07, 6.45) is 0.762. The average Bonchev–Trinajstić information content (AvgIpc) is 3.23. The van der Waals surface area contributed by atoms with Gasteiger partial charge in [0.2, 0.25) is 5.91 Å². The molecular weight excluding hydrogens is 437 g/mol. The number of hydrogen-bond donors (Lipinski definition) is 3. The number of nitrogens with two attached hydrogens (primary N) is 1. The molecule has 0 bridgehead atoms. The molecule has 1 amide bonds. The maximum Gasteiger partial charge on any atom is 0.294 e. The summed E-state index contributed by atoms with van der Waals surface area (Å²) in [5.41, 5.74) is 8.60. The van der Waals surface area contributed by atoms with E-state index in [2.05, 4.69) is 20.6 Å². The number of amides is 1. The van der Waals surface area contributed by atoms with E-state index < -0.39 is 11.6 Å². The maximum absolute atomic E-state index is 13.7. The van der Waals surface area contributed by atoms with Crippen LogP contribution in [0, 0.1) is 31.0 Å². The van der Waals surface area contributed by atoms with E-state index in [9.17, 15) is 19.2 Å². The lowest BCUT2D eigenvalue weighted by Crippen LogP contribution is -2.37. The number of pyridine rings is 1. The summed E-state index contributed by atoms with van der Waals surface area (Å²) < 4.78 is 15.0. The molecule has 4 rings (SSSR count). The molecule has 174 valence electrons. The van der Waals surface area contributed by atoms with E-state index in [1.54, 1.807) is 32.0 Å². The van der Waals surface area contributed by atoms with Crippen LogP contribution in [-0.2, 0) is 24.3 Å². The van der Waals surface area contributed by atoms with E-state index in [0.29, 0.717) is 35.6 Å². The van der Waals surface area contributed by atoms with Crippen LogP contribution in [0.25, 0.3) is 0 Å². The predicted octanol–water partition coefficient (Wildman–Crippen LogP) is 2.26. The molecule has 0 fully saturated rings. The predicted molar refractivity (Wildman–Crippen MR) is 124 cm³/mol. The highest BCUT2D eigenvalue weighted by Crippen LogP contribution is 2.27. The first kappa shape index (κ1) is 22.9. The molecule has 1 atom stereocenters. The lowest BCUT2D eigenvalue weighted by atomic mass is 10.1. The molecule has 0 spiro atoms. The minimum atomic E-state index is -0.767. The molecule has 34 heavy (non-hydrogen) atoms. The Balaban J connectivity index is 1.57.